The number of hydrogen-bond donors (Lipinski definition) is 1. The van der Waals surface area contributed by atoms with Gasteiger partial charge in [0.2, 0.25) is 0 Å². The van der Waals surface area contributed by atoms with Crippen LogP contribution in [0.1, 0.15) is 47.8 Å². The normalized spacial score (nSPS) is 13.2. The van der Waals surface area contributed by atoms with Crippen molar-refractivity contribution in [2.24, 2.45) is 7.05 Å². The fourth-order valence-corrected chi connectivity index (χ4v) is 3.78. The summed E-state index contributed by atoms with van der Waals surface area (Å²) in [5.74, 6) is 0.367. The maximum atomic E-state index is 13.6. The maximum Gasteiger partial charge on any atom is 0.331 e. The van der Waals surface area contributed by atoms with Crippen molar-refractivity contribution >= 4 is 35.1 Å². The van der Waals surface area contributed by atoms with Crippen molar-refractivity contribution in [1.82, 2.24) is 9.78 Å². The van der Waals surface area contributed by atoms with E-state index in [1.165, 1.54) is 6.08 Å². The highest BCUT2D eigenvalue weighted by Gasteiger charge is 2.26. The molecule has 1 N–H and O–H groups in total. The lowest BCUT2D eigenvalue weighted by molar-refractivity contribution is -0.148. The number of fused-ring (bicyclic) bond motifs is 2. The molecule has 3 aromatic rings. The first-order valence-electron chi connectivity index (χ1n) is 10.8. The zero-order chi connectivity index (χ0) is 23.8. The van der Waals surface area contributed by atoms with Gasteiger partial charge >= 0.3 is 5.97 Å². The second-order valence-electron chi connectivity index (χ2n) is 9.11. The van der Waals surface area contributed by atoms with Gasteiger partial charge in [0.1, 0.15) is 11.4 Å². The molecule has 0 unspecified atom stereocenters. The summed E-state index contributed by atoms with van der Waals surface area (Å²) < 4.78 is 7.09. The zero-order valence-corrected chi connectivity index (χ0v) is 19.5. The van der Waals surface area contributed by atoms with E-state index in [9.17, 15) is 9.59 Å². The summed E-state index contributed by atoms with van der Waals surface area (Å²) in [4.78, 5) is 27.4. The topological polar surface area (TPSA) is 76.5 Å². The average Bonchev–Trinajstić information content (AvgIpc) is 2.99. The Labute approximate surface area is 193 Å². The first kappa shape index (κ1) is 22.3. The highest BCUT2D eigenvalue weighted by molar-refractivity contribution is 6.08. The molecule has 0 atom stereocenters. The van der Waals surface area contributed by atoms with Crippen LogP contribution >= 0.6 is 0 Å². The van der Waals surface area contributed by atoms with Crippen LogP contribution in [0.2, 0.25) is 0 Å². The van der Waals surface area contributed by atoms with Crippen LogP contribution in [0, 0.1) is 6.92 Å². The number of benzene rings is 2. The van der Waals surface area contributed by atoms with E-state index in [4.69, 9.17) is 4.74 Å². The van der Waals surface area contributed by atoms with E-state index in [0.717, 1.165) is 33.9 Å². The van der Waals surface area contributed by atoms with E-state index in [2.05, 4.69) is 10.4 Å². The minimum atomic E-state index is -0.542. The van der Waals surface area contributed by atoms with Gasteiger partial charge in [0.25, 0.3) is 5.91 Å². The standard InChI is InChI=1S/C26H28N4O3/c1-17-14-19(11-10-18(17)12-13-23(31)33-26(2,3)4)25(32)30-16-20-15-27-29(5)24(20)28-21-8-6-7-9-22(21)30/h6-15,28H,16H2,1-5H3/b13-12+. The zero-order valence-electron chi connectivity index (χ0n) is 19.5. The highest BCUT2D eigenvalue weighted by Crippen LogP contribution is 2.36. The minimum absolute atomic E-state index is 0.105. The molecule has 7 heteroatoms. The lowest BCUT2D eigenvalue weighted by Gasteiger charge is -2.23. The number of carbonyl (C=O) groups is 2. The van der Waals surface area contributed by atoms with Crippen LogP contribution < -0.4 is 10.2 Å². The van der Waals surface area contributed by atoms with Gasteiger partial charge in [-0.15, -0.1) is 0 Å². The molecule has 33 heavy (non-hydrogen) atoms. The van der Waals surface area contributed by atoms with Crippen LogP contribution in [0.3, 0.4) is 0 Å². The Balaban J connectivity index is 1.61. The minimum Gasteiger partial charge on any atom is -0.457 e. The molecular weight excluding hydrogens is 416 g/mol. The summed E-state index contributed by atoms with van der Waals surface area (Å²) in [5.41, 5.74) is 4.37. The van der Waals surface area contributed by atoms with Crippen molar-refractivity contribution in [2.75, 3.05) is 10.2 Å². The number of nitrogens with one attached hydrogen (secondary N) is 1. The molecule has 1 aliphatic rings. The van der Waals surface area contributed by atoms with Crippen molar-refractivity contribution in [1.29, 1.82) is 0 Å². The third-order valence-electron chi connectivity index (χ3n) is 5.36. The molecule has 1 aliphatic heterocycles. The molecule has 0 fully saturated rings. The fourth-order valence-electron chi connectivity index (χ4n) is 3.78. The van der Waals surface area contributed by atoms with Gasteiger partial charge in [-0.2, -0.15) is 5.10 Å². The number of esters is 1. The van der Waals surface area contributed by atoms with Crippen molar-refractivity contribution < 1.29 is 14.3 Å². The van der Waals surface area contributed by atoms with Gasteiger partial charge in [-0.25, -0.2) is 4.79 Å². The fraction of sp³-hybridized carbons (Fsp3) is 0.269. The Morgan fingerprint density at radius 2 is 1.91 bits per heavy atom. The van der Waals surface area contributed by atoms with E-state index in [1.807, 2.05) is 71.1 Å². The lowest BCUT2D eigenvalue weighted by Crippen LogP contribution is -2.30. The first-order valence-corrected chi connectivity index (χ1v) is 10.8. The number of nitrogens with zero attached hydrogens (tertiary/aromatic N) is 3. The second-order valence-corrected chi connectivity index (χ2v) is 9.11. The van der Waals surface area contributed by atoms with Crippen molar-refractivity contribution in [2.45, 2.75) is 39.8 Å². The monoisotopic (exact) mass is 444 g/mol. The molecule has 2 aromatic carbocycles. The molecule has 7 nitrogen and oxygen atoms in total. The number of para-hydroxylation sites is 2. The summed E-state index contributed by atoms with van der Waals surface area (Å²) in [6.45, 7) is 7.81. The molecular formula is C26H28N4O3. The van der Waals surface area contributed by atoms with Crippen LogP contribution in [-0.2, 0) is 23.1 Å². The van der Waals surface area contributed by atoms with Crippen LogP contribution in [0.25, 0.3) is 6.08 Å². The molecule has 0 aliphatic carbocycles. The predicted octanol–water partition coefficient (Wildman–Crippen LogP) is 4.99. The molecule has 4 rings (SSSR count). The molecule has 0 spiro atoms. The molecule has 170 valence electrons. The molecule has 1 aromatic heterocycles. The average molecular weight is 445 g/mol. The SMILES string of the molecule is Cc1cc(C(=O)N2Cc3cnn(C)c3Nc3ccccc32)ccc1/C=C/C(=O)OC(C)(C)C. The van der Waals surface area contributed by atoms with Gasteiger partial charge in [-0.1, -0.05) is 18.2 Å². The number of aromatic nitrogens is 2. The van der Waals surface area contributed by atoms with E-state index < -0.39 is 11.6 Å². The molecule has 0 saturated heterocycles. The number of anilines is 3. The Hall–Kier alpha value is -3.87. The van der Waals surface area contributed by atoms with Gasteiger partial charge in [-0.05, 0) is 69.2 Å². The third kappa shape index (κ3) is 4.82. The van der Waals surface area contributed by atoms with Gasteiger partial charge < -0.3 is 15.0 Å². The molecule has 0 saturated carbocycles. The van der Waals surface area contributed by atoms with E-state index in [0.29, 0.717) is 12.1 Å². The number of amides is 1. The summed E-state index contributed by atoms with van der Waals surface area (Å²) in [5, 5.41) is 7.74. The first-order chi connectivity index (χ1) is 15.6. The van der Waals surface area contributed by atoms with E-state index in [1.54, 1.807) is 27.9 Å². The van der Waals surface area contributed by atoms with E-state index in [-0.39, 0.29) is 5.91 Å². The lowest BCUT2D eigenvalue weighted by atomic mass is 10.0. The number of carbonyl (C=O) groups excluding carboxylic acids is 2. The Morgan fingerprint density at radius 3 is 2.64 bits per heavy atom. The predicted molar refractivity (Wildman–Crippen MR) is 130 cm³/mol. The number of aryl methyl sites for hydroxylation is 2. The number of rotatable bonds is 3. The quantitative estimate of drug-likeness (QED) is 0.455. The number of ether oxygens (including phenoxy) is 1. The largest absolute Gasteiger partial charge is 0.457 e. The summed E-state index contributed by atoms with van der Waals surface area (Å²) in [6.07, 6.45) is 4.91. The van der Waals surface area contributed by atoms with Crippen molar-refractivity contribution in [3.8, 4) is 0 Å². The van der Waals surface area contributed by atoms with Gasteiger partial charge in [0.05, 0.1) is 24.1 Å². The van der Waals surface area contributed by atoms with E-state index >= 15 is 0 Å². The van der Waals surface area contributed by atoms with Gasteiger partial charge in [0, 0.05) is 24.3 Å². The Bertz CT molecular complexity index is 1250. The number of hydrogen-bond acceptors (Lipinski definition) is 5. The molecule has 0 radical (unpaired) electrons. The van der Waals surface area contributed by atoms with Crippen molar-refractivity contribution in [3.63, 3.8) is 0 Å². The Morgan fingerprint density at radius 1 is 1.15 bits per heavy atom. The molecule has 2 heterocycles. The van der Waals surface area contributed by atoms with Crippen molar-refractivity contribution in [3.05, 3.63) is 77.0 Å². The summed E-state index contributed by atoms with van der Waals surface area (Å²) in [6, 6.07) is 13.2. The van der Waals surface area contributed by atoms with Crippen LogP contribution in [0.4, 0.5) is 17.2 Å². The smallest absolute Gasteiger partial charge is 0.331 e. The van der Waals surface area contributed by atoms with Crippen LogP contribution in [0.15, 0.2) is 54.7 Å². The Kier molecular flexibility index (Phi) is 5.80. The van der Waals surface area contributed by atoms with Crippen LogP contribution in [0.5, 0.6) is 0 Å². The highest BCUT2D eigenvalue weighted by atomic mass is 16.6. The van der Waals surface area contributed by atoms with Gasteiger partial charge in [0.15, 0.2) is 0 Å². The maximum absolute atomic E-state index is 13.6. The third-order valence-corrected chi connectivity index (χ3v) is 5.36. The van der Waals surface area contributed by atoms with Gasteiger partial charge in [-0.3, -0.25) is 9.48 Å². The van der Waals surface area contributed by atoms with Crippen LogP contribution in [-0.4, -0.2) is 27.3 Å². The molecule has 0 bridgehead atoms. The molecule has 1 amide bonds. The summed E-state index contributed by atoms with van der Waals surface area (Å²) in [7, 11) is 1.87. The second kappa shape index (κ2) is 8.58. The summed E-state index contributed by atoms with van der Waals surface area (Å²) >= 11 is 0.